The van der Waals surface area contributed by atoms with Crippen LogP contribution < -0.4 is 14.8 Å². The van der Waals surface area contributed by atoms with Gasteiger partial charge in [0.2, 0.25) is 0 Å². The fraction of sp³-hybridized carbons (Fsp3) is 0.417. The summed E-state index contributed by atoms with van der Waals surface area (Å²) in [5, 5.41) is 3.32. The first kappa shape index (κ1) is 21.7. The summed E-state index contributed by atoms with van der Waals surface area (Å²) in [6.07, 6.45) is 2.67. The van der Waals surface area contributed by atoms with E-state index in [9.17, 15) is 9.59 Å². The molecule has 1 aliphatic carbocycles. The van der Waals surface area contributed by atoms with Crippen LogP contribution >= 0.6 is 0 Å². The lowest BCUT2D eigenvalue weighted by Crippen LogP contribution is -2.38. The van der Waals surface area contributed by atoms with E-state index in [1.54, 1.807) is 20.3 Å². The van der Waals surface area contributed by atoms with Gasteiger partial charge in [-0.05, 0) is 36.5 Å². The number of methoxy groups -OCH3 is 2. The number of Topliss-reactive ketones (excluding diaryl/α,β-unsaturated/α-hetero) is 1. The number of nitrogens with one attached hydrogen (secondary N) is 1. The molecule has 1 heterocycles. The lowest BCUT2D eigenvalue weighted by atomic mass is 9.68. The van der Waals surface area contributed by atoms with Crippen LogP contribution in [0.1, 0.15) is 45.1 Å². The summed E-state index contributed by atoms with van der Waals surface area (Å²) in [5.74, 6) is 0.147. The Bertz CT molecular complexity index is 954. The first-order valence-corrected chi connectivity index (χ1v) is 9.96. The average molecular weight is 411 g/mol. The van der Waals surface area contributed by atoms with E-state index in [2.05, 4.69) is 25.7 Å². The molecule has 0 bridgehead atoms. The van der Waals surface area contributed by atoms with Gasteiger partial charge in [-0.3, -0.25) is 4.79 Å². The van der Waals surface area contributed by atoms with Crippen LogP contribution in [-0.2, 0) is 14.3 Å². The number of ketones is 1. The zero-order chi connectivity index (χ0) is 22.1. The van der Waals surface area contributed by atoms with Crippen molar-refractivity contribution >= 4 is 11.8 Å². The SMILES string of the molecule is C=CCOC(=O)C1=C(C)NC2=C(C(=O)CC(C)(C)C2)[C@@H]1c1ccc(OC)c(OC)c1. The van der Waals surface area contributed by atoms with Crippen molar-refractivity contribution in [3.05, 3.63) is 59.0 Å². The molecular weight excluding hydrogens is 382 g/mol. The highest BCUT2D eigenvalue weighted by atomic mass is 16.5. The summed E-state index contributed by atoms with van der Waals surface area (Å²) in [5.41, 5.74) is 3.24. The fourth-order valence-corrected chi connectivity index (χ4v) is 4.28. The van der Waals surface area contributed by atoms with Crippen LogP contribution in [0.5, 0.6) is 11.5 Å². The van der Waals surface area contributed by atoms with Crippen LogP contribution in [0.15, 0.2) is 53.4 Å². The second-order valence-corrected chi connectivity index (χ2v) is 8.43. The number of carbonyl (C=O) groups excluding carboxylic acids is 2. The number of hydrogen-bond donors (Lipinski definition) is 1. The second kappa shape index (κ2) is 8.38. The van der Waals surface area contributed by atoms with E-state index in [1.165, 1.54) is 6.08 Å². The van der Waals surface area contributed by atoms with Crippen LogP contribution in [0.25, 0.3) is 0 Å². The predicted octanol–water partition coefficient (Wildman–Crippen LogP) is 4.04. The Hall–Kier alpha value is -3.02. The average Bonchev–Trinajstić information content (AvgIpc) is 2.69. The molecule has 160 valence electrons. The third-order valence-corrected chi connectivity index (χ3v) is 5.53. The topological polar surface area (TPSA) is 73.9 Å². The summed E-state index contributed by atoms with van der Waals surface area (Å²) in [4.78, 5) is 26.2. The van der Waals surface area contributed by atoms with Gasteiger partial charge in [0.05, 0.1) is 19.8 Å². The number of esters is 1. The van der Waals surface area contributed by atoms with Gasteiger partial charge in [-0.1, -0.05) is 32.6 Å². The number of rotatable bonds is 6. The molecule has 0 saturated heterocycles. The summed E-state index contributed by atoms with van der Waals surface area (Å²) < 4.78 is 16.2. The van der Waals surface area contributed by atoms with Crippen molar-refractivity contribution in [1.82, 2.24) is 5.32 Å². The maximum atomic E-state index is 13.2. The highest BCUT2D eigenvalue weighted by molar-refractivity contribution is 6.04. The van der Waals surface area contributed by atoms with Crippen molar-refractivity contribution in [2.24, 2.45) is 5.41 Å². The highest BCUT2D eigenvalue weighted by Gasteiger charge is 2.43. The van der Waals surface area contributed by atoms with Gasteiger partial charge in [-0.15, -0.1) is 0 Å². The smallest absolute Gasteiger partial charge is 0.337 e. The number of dihydropyridines is 1. The van der Waals surface area contributed by atoms with Crippen molar-refractivity contribution in [2.75, 3.05) is 20.8 Å². The van der Waals surface area contributed by atoms with Crippen molar-refractivity contribution in [2.45, 2.75) is 39.5 Å². The molecule has 1 N–H and O–H groups in total. The lowest BCUT2D eigenvalue weighted by molar-refractivity contribution is -0.138. The number of ether oxygens (including phenoxy) is 3. The molecule has 30 heavy (non-hydrogen) atoms. The Labute approximate surface area is 177 Å². The molecule has 1 aromatic carbocycles. The van der Waals surface area contributed by atoms with E-state index in [0.29, 0.717) is 34.8 Å². The van der Waals surface area contributed by atoms with E-state index in [4.69, 9.17) is 14.2 Å². The van der Waals surface area contributed by atoms with Gasteiger partial charge in [-0.2, -0.15) is 0 Å². The van der Waals surface area contributed by atoms with Crippen molar-refractivity contribution < 1.29 is 23.8 Å². The van der Waals surface area contributed by atoms with E-state index in [0.717, 1.165) is 17.7 Å². The summed E-state index contributed by atoms with van der Waals surface area (Å²) in [6, 6.07) is 5.47. The monoisotopic (exact) mass is 411 g/mol. The van der Waals surface area contributed by atoms with Gasteiger partial charge in [-0.25, -0.2) is 4.79 Å². The minimum absolute atomic E-state index is 0.0371. The summed E-state index contributed by atoms with van der Waals surface area (Å²) in [7, 11) is 3.13. The molecule has 0 saturated carbocycles. The standard InChI is InChI=1S/C24H29NO5/c1-7-10-30-23(27)20-14(2)25-16-12-24(3,4)13-17(26)22(16)21(20)15-8-9-18(28-5)19(11-15)29-6/h7-9,11,21,25H,1,10,12-13H2,2-6H3/t21-/m1/s1. The van der Waals surface area contributed by atoms with E-state index in [1.807, 2.05) is 19.1 Å². The lowest BCUT2D eigenvalue weighted by Gasteiger charge is -2.39. The van der Waals surface area contributed by atoms with Crippen LogP contribution in [0.2, 0.25) is 0 Å². The number of carbonyl (C=O) groups is 2. The van der Waals surface area contributed by atoms with Crippen molar-refractivity contribution in [3.63, 3.8) is 0 Å². The van der Waals surface area contributed by atoms with Gasteiger partial charge in [0.25, 0.3) is 0 Å². The molecule has 0 unspecified atom stereocenters. The molecule has 1 aliphatic heterocycles. The van der Waals surface area contributed by atoms with Gasteiger partial charge in [0.15, 0.2) is 17.3 Å². The molecule has 0 aromatic heterocycles. The van der Waals surface area contributed by atoms with Gasteiger partial charge in [0, 0.05) is 29.3 Å². The van der Waals surface area contributed by atoms with Crippen LogP contribution in [0.4, 0.5) is 0 Å². The van der Waals surface area contributed by atoms with E-state index < -0.39 is 11.9 Å². The summed E-state index contributed by atoms with van der Waals surface area (Å²) in [6.45, 7) is 9.70. The van der Waals surface area contributed by atoms with Crippen molar-refractivity contribution in [3.8, 4) is 11.5 Å². The van der Waals surface area contributed by atoms with Gasteiger partial charge < -0.3 is 19.5 Å². The molecule has 0 amide bonds. The van der Waals surface area contributed by atoms with Crippen LogP contribution in [0.3, 0.4) is 0 Å². The van der Waals surface area contributed by atoms with Crippen LogP contribution in [0, 0.1) is 5.41 Å². The van der Waals surface area contributed by atoms with Crippen LogP contribution in [-0.4, -0.2) is 32.6 Å². The number of benzene rings is 1. The zero-order valence-electron chi connectivity index (χ0n) is 18.3. The third-order valence-electron chi connectivity index (χ3n) is 5.53. The Kier molecular flexibility index (Phi) is 6.06. The predicted molar refractivity (Wildman–Crippen MR) is 114 cm³/mol. The maximum Gasteiger partial charge on any atom is 0.337 e. The first-order chi connectivity index (χ1) is 14.2. The molecule has 0 spiro atoms. The number of hydrogen-bond acceptors (Lipinski definition) is 6. The van der Waals surface area contributed by atoms with Crippen molar-refractivity contribution in [1.29, 1.82) is 0 Å². The Morgan fingerprint density at radius 3 is 2.57 bits per heavy atom. The molecule has 3 rings (SSSR count). The second-order valence-electron chi connectivity index (χ2n) is 8.43. The third kappa shape index (κ3) is 3.99. The van der Waals surface area contributed by atoms with E-state index in [-0.39, 0.29) is 17.8 Å². The van der Waals surface area contributed by atoms with E-state index >= 15 is 0 Å². The summed E-state index contributed by atoms with van der Waals surface area (Å²) >= 11 is 0. The quantitative estimate of drug-likeness (QED) is 0.563. The molecule has 1 aromatic rings. The molecule has 6 nitrogen and oxygen atoms in total. The molecule has 2 aliphatic rings. The highest BCUT2D eigenvalue weighted by Crippen LogP contribution is 2.47. The minimum Gasteiger partial charge on any atom is -0.493 e. The Morgan fingerprint density at radius 2 is 1.93 bits per heavy atom. The minimum atomic E-state index is -0.540. The first-order valence-electron chi connectivity index (χ1n) is 9.96. The molecule has 1 atom stereocenters. The van der Waals surface area contributed by atoms with Gasteiger partial charge >= 0.3 is 5.97 Å². The van der Waals surface area contributed by atoms with Gasteiger partial charge in [0.1, 0.15) is 6.61 Å². The molecule has 0 fully saturated rings. The maximum absolute atomic E-state index is 13.2. The normalized spacial score (nSPS) is 20.3. The Morgan fingerprint density at radius 1 is 1.23 bits per heavy atom. The molecule has 0 radical (unpaired) electrons. The molecular formula is C24H29NO5. The molecule has 6 heteroatoms. The zero-order valence-corrected chi connectivity index (χ0v) is 18.3. The largest absolute Gasteiger partial charge is 0.493 e. The Balaban J connectivity index is 2.18. The fourth-order valence-electron chi connectivity index (χ4n) is 4.28. The number of allylic oxidation sites excluding steroid dienone is 3.